The second kappa shape index (κ2) is 10.0. The van der Waals surface area contributed by atoms with E-state index in [9.17, 15) is 17.6 Å². The number of hydrogen-bond donors (Lipinski definition) is 0. The average molecular weight is 485 g/mol. The third-order valence-corrected chi connectivity index (χ3v) is 8.40. The van der Waals surface area contributed by atoms with Crippen LogP contribution in [-0.4, -0.2) is 64.2 Å². The average Bonchev–Trinajstić information content (AvgIpc) is 3.38. The summed E-state index contributed by atoms with van der Waals surface area (Å²) in [6, 6.07) is 11.3. The van der Waals surface area contributed by atoms with Crippen molar-refractivity contribution in [3.05, 3.63) is 53.3 Å². The van der Waals surface area contributed by atoms with E-state index in [1.54, 1.807) is 29.2 Å². The van der Waals surface area contributed by atoms with Crippen LogP contribution in [0.15, 0.2) is 41.3 Å². The van der Waals surface area contributed by atoms with Crippen molar-refractivity contribution < 1.29 is 17.6 Å². The molecule has 7 nitrogen and oxygen atoms in total. The van der Waals surface area contributed by atoms with Crippen LogP contribution in [0, 0.1) is 17.1 Å². The highest BCUT2D eigenvalue weighted by Crippen LogP contribution is 2.30. The summed E-state index contributed by atoms with van der Waals surface area (Å²) < 4.78 is 39.4. The number of amides is 1. The van der Waals surface area contributed by atoms with Gasteiger partial charge in [-0.2, -0.15) is 5.26 Å². The van der Waals surface area contributed by atoms with Gasteiger partial charge in [0.2, 0.25) is 0 Å². The summed E-state index contributed by atoms with van der Waals surface area (Å²) in [5, 5.41) is 8.94. The lowest BCUT2D eigenvalue weighted by atomic mass is 10.1. The van der Waals surface area contributed by atoms with Crippen molar-refractivity contribution in [1.29, 1.82) is 5.26 Å². The van der Waals surface area contributed by atoms with E-state index in [1.165, 1.54) is 12.1 Å². The lowest BCUT2D eigenvalue weighted by molar-refractivity contribution is 0.0747. The summed E-state index contributed by atoms with van der Waals surface area (Å²) in [6.07, 6.45) is 2.60. The first-order chi connectivity index (χ1) is 16.3. The Balaban J connectivity index is 1.56. The Morgan fingerprint density at radius 2 is 1.71 bits per heavy atom. The number of halogens is 1. The van der Waals surface area contributed by atoms with Crippen molar-refractivity contribution >= 4 is 27.1 Å². The van der Waals surface area contributed by atoms with Crippen molar-refractivity contribution in [2.24, 2.45) is 0 Å². The highest BCUT2D eigenvalue weighted by atomic mass is 32.2. The topological polar surface area (TPSA) is 84.7 Å². The van der Waals surface area contributed by atoms with Gasteiger partial charge in [0.15, 0.2) is 9.84 Å². The number of anilines is 2. The molecule has 0 aromatic heterocycles. The van der Waals surface area contributed by atoms with Crippen LogP contribution in [0.3, 0.4) is 0 Å². The SMILES string of the molecule is CCCS(=O)(=O)c1ccc(N2CCCC2)c(C(=O)N2CCN(c3ccc(C#N)c(F)c3)CC2)c1. The number of nitriles is 1. The zero-order chi connectivity index (χ0) is 24.3. The van der Waals surface area contributed by atoms with Gasteiger partial charge in [0, 0.05) is 50.6 Å². The maximum atomic E-state index is 14.0. The Bertz CT molecular complexity index is 1210. The van der Waals surface area contributed by atoms with E-state index < -0.39 is 15.7 Å². The standard InChI is InChI=1S/C25H29FN4O3S/c1-2-15-34(32,33)21-7-8-24(29-9-3-4-10-29)22(17-21)25(31)30-13-11-28(12-14-30)20-6-5-19(18-27)23(26)16-20/h5-8,16-17H,2-4,9-15H2,1H3. The molecule has 0 radical (unpaired) electrons. The number of sulfone groups is 1. The number of carbonyl (C=O) groups is 1. The molecular weight excluding hydrogens is 455 g/mol. The molecule has 0 spiro atoms. The molecule has 0 bridgehead atoms. The largest absolute Gasteiger partial charge is 0.371 e. The van der Waals surface area contributed by atoms with Gasteiger partial charge in [0.05, 0.1) is 21.8 Å². The van der Waals surface area contributed by atoms with Crippen LogP contribution in [-0.2, 0) is 9.84 Å². The number of piperazine rings is 1. The predicted octanol–water partition coefficient (Wildman–Crippen LogP) is 3.44. The first kappa shape index (κ1) is 24.0. The minimum Gasteiger partial charge on any atom is -0.371 e. The predicted molar refractivity (Wildman–Crippen MR) is 129 cm³/mol. The fourth-order valence-electron chi connectivity index (χ4n) is 4.63. The lowest BCUT2D eigenvalue weighted by Crippen LogP contribution is -2.49. The molecule has 2 saturated heterocycles. The first-order valence-electron chi connectivity index (χ1n) is 11.7. The third kappa shape index (κ3) is 4.87. The van der Waals surface area contributed by atoms with Gasteiger partial charge in [-0.05, 0) is 55.7 Å². The highest BCUT2D eigenvalue weighted by Gasteiger charge is 2.28. The van der Waals surface area contributed by atoms with Gasteiger partial charge in [-0.25, -0.2) is 12.8 Å². The molecule has 0 saturated carbocycles. The van der Waals surface area contributed by atoms with Gasteiger partial charge in [0.1, 0.15) is 11.9 Å². The van der Waals surface area contributed by atoms with Crippen LogP contribution in [0.25, 0.3) is 0 Å². The molecule has 1 amide bonds. The Morgan fingerprint density at radius 3 is 2.32 bits per heavy atom. The normalized spacial score (nSPS) is 16.6. The number of rotatable bonds is 6. The van der Waals surface area contributed by atoms with Crippen LogP contribution in [0.5, 0.6) is 0 Å². The molecule has 2 fully saturated rings. The van der Waals surface area contributed by atoms with E-state index >= 15 is 0 Å². The van der Waals surface area contributed by atoms with Crippen molar-refractivity contribution in [1.82, 2.24) is 4.90 Å². The monoisotopic (exact) mass is 484 g/mol. The molecular formula is C25H29FN4O3S. The maximum absolute atomic E-state index is 14.0. The number of benzene rings is 2. The van der Waals surface area contributed by atoms with E-state index in [0.717, 1.165) is 31.6 Å². The number of nitrogens with zero attached hydrogens (tertiary/aromatic N) is 4. The number of carbonyl (C=O) groups excluding carboxylic acids is 1. The Labute approximate surface area is 200 Å². The molecule has 2 heterocycles. The molecule has 0 aliphatic carbocycles. The van der Waals surface area contributed by atoms with E-state index in [-0.39, 0.29) is 22.1 Å². The van der Waals surface area contributed by atoms with Crippen LogP contribution in [0.1, 0.15) is 42.1 Å². The van der Waals surface area contributed by atoms with Gasteiger partial charge in [-0.1, -0.05) is 6.92 Å². The smallest absolute Gasteiger partial charge is 0.256 e. The Hall–Kier alpha value is -3.12. The number of hydrogen-bond acceptors (Lipinski definition) is 6. The van der Waals surface area contributed by atoms with Gasteiger partial charge in [-0.3, -0.25) is 4.79 Å². The molecule has 180 valence electrons. The first-order valence-corrected chi connectivity index (χ1v) is 13.3. The van der Waals surface area contributed by atoms with Crippen LogP contribution in [0.2, 0.25) is 0 Å². The van der Waals surface area contributed by atoms with Gasteiger partial charge in [-0.15, -0.1) is 0 Å². The lowest BCUT2D eigenvalue weighted by Gasteiger charge is -2.36. The van der Waals surface area contributed by atoms with Crippen molar-refractivity contribution in [2.45, 2.75) is 31.1 Å². The Kier molecular flexibility index (Phi) is 7.08. The van der Waals surface area contributed by atoms with Crippen LogP contribution in [0.4, 0.5) is 15.8 Å². The minimum atomic E-state index is -3.45. The summed E-state index contributed by atoms with van der Waals surface area (Å²) in [7, 11) is -3.45. The van der Waals surface area contributed by atoms with Crippen LogP contribution < -0.4 is 9.80 Å². The fraction of sp³-hybridized carbons (Fsp3) is 0.440. The molecule has 0 atom stereocenters. The quantitative estimate of drug-likeness (QED) is 0.625. The summed E-state index contributed by atoms with van der Waals surface area (Å²) >= 11 is 0. The fourth-order valence-corrected chi connectivity index (χ4v) is 5.98. The second-order valence-electron chi connectivity index (χ2n) is 8.75. The van der Waals surface area contributed by atoms with Crippen LogP contribution >= 0.6 is 0 Å². The second-order valence-corrected chi connectivity index (χ2v) is 10.9. The van der Waals surface area contributed by atoms with Crippen molar-refractivity contribution in [2.75, 3.05) is 54.8 Å². The van der Waals surface area contributed by atoms with E-state index in [1.807, 2.05) is 17.9 Å². The molecule has 0 N–H and O–H groups in total. The summed E-state index contributed by atoms with van der Waals surface area (Å²) in [6.45, 7) is 5.42. The van der Waals surface area contributed by atoms with E-state index in [2.05, 4.69) is 4.90 Å². The Morgan fingerprint density at radius 1 is 1.00 bits per heavy atom. The van der Waals surface area contributed by atoms with Crippen molar-refractivity contribution in [3.8, 4) is 6.07 Å². The summed E-state index contributed by atoms with van der Waals surface area (Å²) in [4.78, 5) is 19.6. The van der Waals surface area contributed by atoms with Gasteiger partial charge >= 0.3 is 0 Å². The third-order valence-electron chi connectivity index (χ3n) is 6.48. The zero-order valence-electron chi connectivity index (χ0n) is 19.3. The molecule has 34 heavy (non-hydrogen) atoms. The highest BCUT2D eigenvalue weighted by molar-refractivity contribution is 7.91. The molecule has 4 rings (SSSR count). The van der Waals surface area contributed by atoms with E-state index in [4.69, 9.17) is 5.26 Å². The molecule has 2 aliphatic heterocycles. The van der Waals surface area contributed by atoms with Gasteiger partial charge < -0.3 is 14.7 Å². The molecule has 2 aromatic carbocycles. The van der Waals surface area contributed by atoms with Gasteiger partial charge in [0.25, 0.3) is 5.91 Å². The molecule has 2 aliphatic rings. The zero-order valence-corrected chi connectivity index (χ0v) is 20.2. The van der Waals surface area contributed by atoms with E-state index in [0.29, 0.717) is 43.9 Å². The molecule has 9 heteroatoms. The summed E-state index contributed by atoms with van der Waals surface area (Å²) in [5.41, 5.74) is 1.89. The molecule has 2 aromatic rings. The summed E-state index contributed by atoms with van der Waals surface area (Å²) in [5.74, 6) is -0.691. The minimum absolute atomic E-state index is 0.00455. The molecule has 0 unspecified atom stereocenters. The van der Waals surface area contributed by atoms with Crippen molar-refractivity contribution in [3.63, 3.8) is 0 Å². The maximum Gasteiger partial charge on any atom is 0.256 e.